The Bertz CT molecular complexity index is 1470. The number of methoxy groups -OCH3 is 2. The van der Waals surface area contributed by atoms with Crippen molar-refractivity contribution in [2.24, 2.45) is 0 Å². The third-order valence-electron chi connectivity index (χ3n) is 6.95. The third-order valence-corrected chi connectivity index (χ3v) is 6.95. The summed E-state index contributed by atoms with van der Waals surface area (Å²) >= 11 is 0. The summed E-state index contributed by atoms with van der Waals surface area (Å²) in [5.41, 5.74) is 5.26. The number of rotatable bonds is 6. The van der Waals surface area contributed by atoms with Crippen LogP contribution in [-0.2, 0) is 11.2 Å². The van der Waals surface area contributed by atoms with Gasteiger partial charge < -0.3 is 24.5 Å². The molecule has 0 saturated carbocycles. The third kappa shape index (κ3) is 5.19. The minimum Gasteiger partial charge on any atom is -0.496 e. The second-order valence-corrected chi connectivity index (χ2v) is 9.32. The SMILES string of the molecule is COC(=O)Nc1ccc(-c2cnc3[nH]cc(Cc4ccccc4OC)c3c2)cc1C(=O)N1CCC(O)CC1. The van der Waals surface area contributed by atoms with Crippen LogP contribution in [0, 0.1) is 0 Å². The highest BCUT2D eigenvalue weighted by atomic mass is 16.5. The van der Waals surface area contributed by atoms with E-state index >= 15 is 0 Å². The van der Waals surface area contributed by atoms with E-state index in [4.69, 9.17) is 9.47 Å². The van der Waals surface area contributed by atoms with Gasteiger partial charge in [0.2, 0.25) is 0 Å². The molecule has 5 rings (SSSR count). The number of aliphatic hydroxyl groups is 1. The number of H-pyrrole nitrogens is 1. The van der Waals surface area contributed by atoms with E-state index in [0.717, 1.165) is 39.0 Å². The number of amides is 2. The van der Waals surface area contributed by atoms with Gasteiger partial charge in [-0.2, -0.15) is 0 Å². The number of nitrogens with one attached hydrogen (secondary N) is 2. The molecule has 0 unspecified atom stereocenters. The number of hydrogen-bond acceptors (Lipinski definition) is 6. The second-order valence-electron chi connectivity index (χ2n) is 9.32. The zero-order valence-electron chi connectivity index (χ0n) is 21.4. The van der Waals surface area contributed by atoms with Gasteiger partial charge >= 0.3 is 6.09 Å². The largest absolute Gasteiger partial charge is 0.496 e. The molecule has 9 heteroatoms. The van der Waals surface area contributed by atoms with E-state index in [1.54, 1.807) is 30.3 Å². The molecule has 1 aliphatic rings. The zero-order valence-corrected chi connectivity index (χ0v) is 21.4. The first-order valence-corrected chi connectivity index (χ1v) is 12.5. The molecule has 0 spiro atoms. The van der Waals surface area contributed by atoms with E-state index in [0.29, 0.717) is 43.6 Å². The Kier molecular flexibility index (Phi) is 7.28. The lowest BCUT2D eigenvalue weighted by atomic mass is 9.99. The van der Waals surface area contributed by atoms with Gasteiger partial charge in [0.25, 0.3) is 5.91 Å². The van der Waals surface area contributed by atoms with Crippen LogP contribution in [0.3, 0.4) is 0 Å². The fraction of sp³-hybridized carbons (Fsp3) is 0.276. The minimum atomic E-state index is -0.655. The molecule has 3 heterocycles. The van der Waals surface area contributed by atoms with Crippen molar-refractivity contribution in [2.75, 3.05) is 32.6 Å². The Morgan fingerprint density at radius 3 is 2.63 bits per heavy atom. The number of para-hydroxylation sites is 1. The van der Waals surface area contributed by atoms with Crippen LogP contribution in [0.25, 0.3) is 22.2 Å². The molecule has 1 aliphatic heterocycles. The number of aliphatic hydroxyl groups excluding tert-OH is 1. The van der Waals surface area contributed by atoms with Gasteiger partial charge in [0.15, 0.2) is 0 Å². The molecule has 0 bridgehead atoms. The van der Waals surface area contributed by atoms with Gasteiger partial charge in [0, 0.05) is 42.9 Å². The van der Waals surface area contributed by atoms with Gasteiger partial charge in [-0.15, -0.1) is 0 Å². The number of likely N-dealkylation sites (tertiary alicyclic amines) is 1. The first-order valence-electron chi connectivity index (χ1n) is 12.5. The Morgan fingerprint density at radius 1 is 1.08 bits per heavy atom. The lowest BCUT2D eigenvalue weighted by molar-refractivity contribution is 0.0547. The van der Waals surface area contributed by atoms with Crippen LogP contribution in [0.4, 0.5) is 10.5 Å². The molecule has 2 amide bonds. The summed E-state index contributed by atoms with van der Waals surface area (Å²) in [6, 6.07) is 15.3. The number of hydrogen-bond donors (Lipinski definition) is 3. The van der Waals surface area contributed by atoms with Gasteiger partial charge in [-0.05, 0) is 53.8 Å². The molecule has 1 fully saturated rings. The predicted octanol–water partition coefficient (Wildman–Crippen LogP) is 4.60. The molecule has 2 aromatic carbocycles. The maximum atomic E-state index is 13.5. The average molecular weight is 515 g/mol. The molecular formula is C29H30N4O5. The molecule has 9 nitrogen and oxygen atoms in total. The van der Waals surface area contributed by atoms with Crippen LogP contribution in [0.5, 0.6) is 5.75 Å². The van der Waals surface area contributed by atoms with Gasteiger partial charge in [0.1, 0.15) is 11.4 Å². The van der Waals surface area contributed by atoms with E-state index in [1.807, 2.05) is 36.5 Å². The summed E-state index contributed by atoms with van der Waals surface area (Å²) in [4.78, 5) is 35.0. The minimum absolute atomic E-state index is 0.210. The highest BCUT2D eigenvalue weighted by Crippen LogP contribution is 2.31. The Hall–Kier alpha value is -4.37. The van der Waals surface area contributed by atoms with E-state index in [2.05, 4.69) is 21.4 Å². The van der Waals surface area contributed by atoms with Crippen LogP contribution >= 0.6 is 0 Å². The standard InChI is InChI=1S/C29H30N4O5/c1-37-26-6-4-3-5-19(26)13-21-17-31-27-23(21)15-20(16-30-27)18-7-8-25(32-29(36)38-2)24(14-18)28(35)33-11-9-22(34)10-12-33/h3-8,14-17,22,34H,9-13H2,1-2H3,(H,30,31)(H,32,36). The number of piperidine rings is 1. The summed E-state index contributed by atoms with van der Waals surface area (Å²) in [6.45, 7) is 0.899. The van der Waals surface area contributed by atoms with E-state index in [1.165, 1.54) is 7.11 Å². The fourth-order valence-electron chi connectivity index (χ4n) is 4.83. The molecule has 0 atom stereocenters. The van der Waals surface area contributed by atoms with Crippen molar-refractivity contribution >= 4 is 28.7 Å². The van der Waals surface area contributed by atoms with E-state index in [-0.39, 0.29) is 5.91 Å². The Labute approximate surface area is 220 Å². The summed E-state index contributed by atoms with van der Waals surface area (Å²) in [6.07, 6.45) is 4.38. The molecule has 1 saturated heterocycles. The number of nitrogens with zero attached hydrogens (tertiary/aromatic N) is 2. The fourth-order valence-corrected chi connectivity index (χ4v) is 4.83. The number of aromatic nitrogens is 2. The molecule has 3 N–H and O–H groups in total. The zero-order chi connectivity index (χ0) is 26.6. The predicted molar refractivity (Wildman–Crippen MR) is 145 cm³/mol. The molecule has 0 radical (unpaired) electrons. The number of pyridine rings is 1. The average Bonchev–Trinajstić information content (AvgIpc) is 3.35. The van der Waals surface area contributed by atoms with Gasteiger partial charge in [-0.1, -0.05) is 24.3 Å². The number of ether oxygens (including phenoxy) is 2. The van der Waals surface area contributed by atoms with Crippen molar-refractivity contribution in [1.29, 1.82) is 0 Å². The van der Waals surface area contributed by atoms with Crippen LogP contribution in [0.2, 0.25) is 0 Å². The first kappa shape index (κ1) is 25.3. The van der Waals surface area contributed by atoms with Crippen molar-refractivity contribution < 1.29 is 24.2 Å². The number of anilines is 1. The molecule has 0 aliphatic carbocycles. The van der Waals surface area contributed by atoms with E-state index < -0.39 is 12.2 Å². The number of carbonyl (C=O) groups excluding carboxylic acids is 2. The first-order chi connectivity index (χ1) is 18.5. The van der Waals surface area contributed by atoms with Crippen LogP contribution in [-0.4, -0.2) is 65.4 Å². The summed E-state index contributed by atoms with van der Waals surface area (Å²) in [7, 11) is 2.94. The van der Waals surface area contributed by atoms with Gasteiger partial charge in [-0.3, -0.25) is 10.1 Å². The summed E-state index contributed by atoms with van der Waals surface area (Å²) in [5.74, 6) is 0.616. The Morgan fingerprint density at radius 2 is 1.87 bits per heavy atom. The van der Waals surface area contributed by atoms with Crippen molar-refractivity contribution in [2.45, 2.75) is 25.4 Å². The normalized spacial score (nSPS) is 13.9. The molecular weight excluding hydrogens is 484 g/mol. The number of aromatic amines is 1. The van der Waals surface area contributed by atoms with Crippen LogP contribution in [0.1, 0.15) is 34.3 Å². The summed E-state index contributed by atoms with van der Waals surface area (Å²) < 4.78 is 10.3. The lowest BCUT2D eigenvalue weighted by Crippen LogP contribution is -2.40. The molecule has 2 aromatic heterocycles. The molecule has 4 aromatic rings. The van der Waals surface area contributed by atoms with Crippen molar-refractivity contribution in [3.05, 3.63) is 77.6 Å². The number of fused-ring (bicyclic) bond motifs is 1. The number of carbonyl (C=O) groups is 2. The maximum absolute atomic E-state index is 13.5. The second kappa shape index (κ2) is 10.9. The highest BCUT2D eigenvalue weighted by molar-refractivity contribution is 6.04. The smallest absolute Gasteiger partial charge is 0.411 e. The van der Waals surface area contributed by atoms with Gasteiger partial charge in [0.05, 0.1) is 31.6 Å². The number of benzene rings is 2. The topological polar surface area (TPSA) is 117 Å². The van der Waals surface area contributed by atoms with E-state index in [9.17, 15) is 14.7 Å². The van der Waals surface area contributed by atoms with Crippen molar-refractivity contribution in [3.63, 3.8) is 0 Å². The van der Waals surface area contributed by atoms with Crippen molar-refractivity contribution in [1.82, 2.24) is 14.9 Å². The quantitative estimate of drug-likeness (QED) is 0.346. The summed E-state index contributed by atoms with van der Waals surface area (Å²) in [5, 5.41) is 13.5. The molecule has 196 valence electrons. The van der Waals surface area contributed by atoms with Crippen LogP contribution < -0.4 is 10.1 Å². The van der Waals surface area contributed by atoms with Gasteiger partial charge in [-0.25, -0.2) is 9.78 Å². The highest BCUT2D eigenvalue weighted by Gasteiger charge is 2.25. The molecule has 38 heavy (non-hydrogen) atoms. The monoisotopic (exact) mass is 514 g/mol. The lowest BCUT2D eigenvalue weighted by Gasteiger charge is -2.30. The Balaban J connectivity index is 1.51. The van der Waals surface area contributed by atoms with Crippen LogP contribution in [0.15, 0.2) is 60.9 Å². The maximum Gasteiger partial charge on any atom is 0.411 e. The van der Waals surface area contributed by atoms with Crippen molar-refractivity contribution in [3.8, 4) is 16.9 Å².